The number of ether oxygens (including phenoxy) is 1. The number of methoxy groups -OCH3 is 1. The molecule has 1 rings (SSSR count). The van der Waals surface area contributed by atoms with Crippen molar-refractivity contribution in [2.24, 2.45) is 11.0 Å². The number of hydrogen-bond acceptors (Lipinski definition) is 4. The summed E-state index contributed by atoms with van der Waals surface area (Å²) < 4.78 is 5.05. The molecule has 0 fully saturated rings. The van der Waals surface area contributed by atoms with Crippen LogP contribution in [0.15, 0.2) is 5.10 Å². The van der Waals surface area contributed by atoms with E-state index in [1.807, 2.05) is 25.8 Å². The molecule has 0 aromatic heterocycles. The number of likely N-dealkylation sites (N-methyl/N-ethyl adjacent to an activating group) is 1. The van der Waals surface area contributed by atoms with E-state index in [1.165, 1.54) is 0 Å². The number of nitrogens with zero attached hydrogens (tertiary/aromatic N) is 2. The molecule has 0 bridgehead atoms. The van der Waals surface area contributed by atoms with Crippen LogP contribution in [0, 0.1) is 5.92 Å². The Labute approximate surface area is 84.1 Å². The van der Waals surface area contributed by atoms with Gasteiger partial charge in [-0.15, -0.1) is 0 Å². The van der Waals surface area contributed by atoms with Crippen molar-refractivity contribution in [1.82, 2.24) is 10.3 Å². The molecule has 5 nitrogen and oxygen atoms in total. The topological polar surface area (TPSA) is 53.9 Å². The number of hydrogen-bond donors (Lipinski definition) is 1. The van der Waals surface area contributed by atoms with Gasteiger partial charge in [0.2, 0.25) is 0 Å². The van der Waals surface area contributed by atoms with Gasteiger partial charge < -0.3 is 9.64 Å². The van der Waals surface area contributed by atoms with E-state index in [1.54, 1.807) is 7.11 Å². The van der Waals surface area contributed by atoms with Crippen molar-refractivity contribution in [2.75, 3.05) is 20.8 Å². The van der Waals surface area contributed by atoms with Gasteiger partial charge in [0.25, 0.3) is 5.91 Å². The molecule has 0 saturated carbocycles. The Morgan fingerprint density at radius 2 is 2.36 bits per heavy atom. The maximum Gasteiger partial charge on any atom is 0.262 e. The first-order chi connectivity index (χ1) is 6.57. The second-order valence-electron chi connectivity index (χ2n) is 3.59. The fraction of sp³-hybridized carbons (Fsp3) is 0.778. The quantitative estimate of drug-likeness (QED) is 0.698. The molecule has 0 aromatic carbocycles. The standard InChI is InChI=1S/C9H17N3O2/c1-6(5-14-4)8-10-11-9(13)7(2)12(8)3/h6-7H,5H2,1-4H3,(H,11,13). The van der Waals surface area contributed by atoms with Gasteiger partial charge in [0.05, 0.1) is 6.61 Å². The number of carbonyl (C=O) groups excluding carboxylic acids is 1. The SMILES string of the molecule is COCC(C)C1=NNC(=O)C(C)N1C. The lowest BCUT2D eigenvalue weighted by Gasteiger charge is -2.33. The van der Waals surface area contributed by atoms with E-state index in [2.05, 4.69) is 10.5 Å². The Balaban J connectivity index is 2.74. The summed E-state index contributed by atoms with van der Waals surface area (Å²) in [6.45, 7) is 4.47. The van der Waals surface area contributed by atoms with Gasteiger partial charge in [-0.2, -0.15) is 5.10 Å². The van der Waals surface area contributed by atoms with Crippen LogP contribution >= 0.6 is 0 Å². The van der Waals surface area contributed by atoms with Gasteiger partial charge in [0.1, 0.15) is 11.9 Å². The third-order valence-corrected chi connectivity index (χ3v) is 2.46. The van der Waals surface area contributed by atoms with Crippen LogP contribution in [-0.2, 0) is 9.53 Å². The molecule has 0 aliphatic carbocycles. The molecular weight excluding hydrogens is 182 g/mol. The van der Waals surface area contributed by atoms with Gasteiger partial charge in [-0.05, 0) is 6.92 Å². The van der Waals surface area contributed by atoms with Crippen molar-refractivity contribution in [3.05, 3.63) is 0 Å². The van der Waals surface area contributed by atoms with E-state index in [4.69, 9.17) is 4.74 Å². The average Bonchev–Trinajstić information content (AvgIpc) is 2.15. The normalized spacial score (nSPS) is 24.3. The smallest absolute Gasteiger partial charge is 0.262 e. The molecule has 0 spiro atoms. The first kappa shape index (κ1) is 11.0. The van der Waals surface area contributed by atoms with Gasteiger partial charge >= 0.3 is 0 Å². The van der Waals surface area contributed by atoms with E-state index in [0.29, 0.717) is 6.61 Å². The van der Waals surface area contributed by atoms with E-state index < -0.39 is 0 Å². The summed E-state index contributed by atoms with van der Waals surface area (Å²) in [6.07, 6.45) is 0. The first-order valence-corrected chi connectivity index (χ1v) is 4.67. The molecule has 5 heteroatoms. The number of rotatable bonds is 3. The highest BCUT2D eigenvalue weighted by Gasteiger charge is 2.28. The van der Waals surface area contributed by atoms with Crippen LogP contribution in [0.25, 0.3) is 0 Å². The van der Waals surface area contributed by atoms with Crippen LogP contribution in [0.3, 0.4) is 0 Å². The molecule has 14 heavy (non-hydrogen) atoms. The van der Waals surface area contributed by atoms with E-state index in [-0.39, 0.29) is 17.9 Å². The van der Waals surface area contributed by atoms with Gasteiger partial charge in [-0.3, -0.25) is 4.79 Å². The highest BCUT2D eigenvalue weighted by Crippen LogP contribution is 2.10. The summed E-state index contributed by atoms with van der Waals surface area (Å²) in [7, 11) is 3.52. The lowest BCUT2D eigenvalue weighted by atomic mass is 10.1. The van der Waals surface area contributed by atoms with Crippen molar-refractivity contribution in [3.63, 3.8) is 0 Å². The number of hydrazone groups is 1. The largest absolute Gasteiger partial charge is 0.384 e. The molecule has 80 valence electrons. The second kappa shape index (κ2) is 4.41. The number of amidine groups is 1. The minimum absolute atomic E-state index is 0.0686. The van der Waals surface area contributed by atoms with Crippen molar-refractivity contribution >= 4 is 11.7 Å². The predicted molar refractivity (Wildman–Crippen MR) is 53.8 cm³/mol. The molecule has 2 unspecified atom stereocenters. The minimum Gasteiger partial charge on any atom is -0.384 e. The van der Waals surface area contributed by atoms with Crippen LogP contribution in [0.4, 0.5) is 0 Å². The van der Waals surface area contributed by atoms with Gasteiger partial charge in [0.15, 0.2) is 0 Å². The third kappa shape index (κ3) is 2.04. The summed E-state index contributed by atoms with van der Waals surface area (Å²) in [5.41, 5.74) is 2.50. The highest BCUT2D eigenvalue weighted by molar-refractivity contribution is 5.94. The molecule has 1 aliphatic heterocycles. The zero-order valence-corrected chi connectivity index (χ0v) is 9.07. The number of amides is 1. The Morgan fingerprint density at radius 1 is 1.71 bits per heavy atom. The monoisotopic (exact) mass is 199 g/mol. The Morgan fingerprint density at radius 3 is 2.93 bits per heavy atom. The zero-order chi connectivity index (χ0) is 10.7. The predicted octanol–water partition coefficient (Wildman–Crippen LogP) is 0.0325. The molecule has 0 radical (unpaired) electrons. The van der Waals surface area contributed by atoms with Crippen molar-refractivity contribution < 1.29 is 9.53 Å². The molecule has 1 heterocycles. The molecule has 1 aliphatic rings. The lowest BCUT2D eigenvalue weighted by molar-refractivity contribution is -0.125. The summed E-state index contributed by atoms with van der Waals surface area (Å²) >= 11 is 0. The molecule has 1 amide bonds. The Hall–Kier alpha value is -1.10. The Kier molecular flexibility index (Phi) is 3.46. The van der Waals surface area contributed by atoms with Crippen LogP contribution < -0.4 is 5.43 Å². The summed E-state index contributed by atoms with van der Waals surface area (Å²) in [5.74, 6) is 0.980. The molecule has 0 aromatic rings. The average molecular weight is 199 g/mol. The first-order valence-electron chi connectivity index (χ1n) is 4.67. The van der Waals surface area contributed by atoms with E-state index >= 15 is 0 Å². The van der Waals surface area contributed by atoms with Crippen molar-refractivity contribution in [3.8, 4) is 0 Å². The number of nitrogens with one attached hydrogen (secondary N) is 1. The fourth-order valence-electron chi connectivity index (χ4n) is 1.44. The maximum absolute atomic E-state index is 11.2. The summed E-state index contributed by atoms with van der Waals surface area (Å²) in [6, 6.07) is -0.165. The molecule has 2 atom stereocenters. The summed E-state index contributed by atoms with van der Waals surface area (Å²) in [5, 5.41) is 4.02. The fourth-order valence-corrected chi connectivity index (χ4v) is 1.44. The van der Waals surface area contributed by atoms with Crippen LogP contribution in [0.2, 0.25) is 0 Å². The van der Waals surface area contributed by atoms with Crippen molar-refractivity contribution in [1.29, 1.82) is 0 Å². The van der Waals surface area contributed by atoms with Gasteiger partial charge in [0, 0.05) is 20.1 Å². The summed E-state index contributed by atoms with van der Waals surface area (Å²) in [4.78, 5) is 13.1. The van der Waals surface area contributed by atoms with Crippen LogP contribution in [0.5, 0.6) is 0 Å². The molecule has 1 N–H and O–H groups in total. The Bertz CT molecular complexity index is 252. The van der Waals surface area contributed by atoms with Gasteiger partial charge in [-0.25, -0.2) is 5.43 Å². The van der Waals surface area contributed by atoms with Gasteiger partial charge in [-0.1, -0.05) is 6.92 Å². The molecule has 0 saturated heterocycles. The van der Waals surface area contributed by atoms with E-state index in [0.717, 1.165) is 5.84 Å². The zero-order valence-electron chi connectivity index (χ0n) is 9.07. The number of carbonyl (C=O) groups is 1. The second-order valence-corrected chi connectivity index (χ2v) is 3.59. The third-order valence-electron chi connectivity index (χ3n) is 2.46. The minimum atomic E-state index is -0.165. The maximum atomic E-state index is 11.2. The lowest BCUT2D eigenvalue weighted by Crippen LogP contribution is -2.52. The highest BCUT2D eigenvalue weighted by atomic mass is 16.5. The van der Waals surface area contributed by atoms with Crippen LogP contribution in [0.1, 0.15) is 13.8 Å². The van der Waals surface area contributed by atoms with Crippen molar-refractivity contribution in [2.45, 2.75) is 19.9 Å². The van der Waals surface area contributed by atoms with Crippen LogP contribution in [-0.4, -0.2) is 43.4 Å². The van der Waals surface area contributed by atoms with E-state index in [9.17, 15) is 4.79 Å². The molecular formula is C9H17N3O2.